The minimum absolute atomic E-state index is 0.0910. The maximum atomic E-state index is 12.4. The maximum absolute atomic E-state index is 12.4. The first kappa shape index (κ1) is 22.7. The van der Waals surface area contributed by atoms with Crippen LogP contribution in [0.1, 0.15) is 29.6 Å². The largest absolute Gasteiger partial charge is 0.342 e. The van der Waals surface area contributed by atoms with Crippen LogP contribution in [0, 0.1) is 0 Å². The second-order valence-corrected chi connectivity index (χ2v) is 11.2. The van der Waals surface area contributed by atoms with Crippen LogP contribution in [0.4, 0.5) is 5.13 Å². The summed E-state index contributed by atoms with van der Waals surface area (Å²) in [5, 5.41) is 10.9. The Bertz CT molecular complexity index is 999. The molecule has 9 nitrogen and oxygen atoms in total. The van der Waals surface area contributed by atoms with Crippen molar-refractivity contribution in [3.05, 3.63) is 29.8 Å². The van der Waals surface area contributed by atoms with Crippen LogP contribution in [-0.4, -0.2) is 72.6 Å². The summed E-state index contributed by atoms with van der Waals surface area (Å²) in [4.78, 5) is 26.6. The molecular formula is C18H23N5O4S3. The van der Waals surface area contributed by atoms with Crippen LogP contribution in [0.3, 0.4) is 0 Å². The van der Waals surface area contributed by atoms with Crippen molar-refractivity contribution in [3.63, 3.8) is 0 Å². The Labute approximate surface area is 183 Å². The fourth-order valence-corrected chi connectivity index (χ4v) is 5.39. The van der Waals surface area contributed by atoms with Crippen molar-refractivity contribution in [2.45, 2.75) is 28.5 Å². The summed E-state index contributed by atoms with van der Waals surface area (Å²) in [5.41, 5.74) is 0.303. The topological polar surface area (TPSA) is 113 Å². The molecule has 1 aliphatic heterocycles. The fourth-order valence-electron chi connectivity index (χ4n) is 2.84. The number of hydrogen-bond donors (Lipinski definition) is 1. The van der Waals surface area contributed by atoms with Gasteiger partial charge in [-0.2, -0.15) is 0 Å². The molecule has 3 rings (SSSR count). The summed E-state index contributed by atoms with van der Waals surface area (Å²) in [6.07, 6.45) is 3.27. The van der Waals surface area contributed by atoms with Crippen LogP contribution in [0.5, 0.6) is 0 Å². The molecule has 2 amide bonds. The van der Waals surface area contributed by atoms with Gasteiger partial charge in [-0.3, -0.25) is 14.9 Å². The average Bonchev–Trinajstić information content (AvgIpc) is 3.19. The SMILES string of the molecule is CN(C)S(=O)(=O)c1ccc(C(=O)Nc2nnc(SCC(=O)N3CCCCC3)s2)cc1. The number of nitrogens with one attached hydrogen (secondary N) is 1. The van der Waals surface area contributed by atoms with Gasteiger partial charge in [-0.15, -0.1) is 10.2 Å². The fraction of sp³-hybridized carbons (Fsp3) is 0.444. The lowest BCUT2D eigenvalue weighted by molar-refractivity contribution is -0.129. The van der Waals surface area contributed by atoms with Crippen LogP contribution in [-0.2, 0) is 14.8 Å². The molecule has 1 aromatic carbocycles. The van der Waals surface area contributed by atoms with E-state index in [-0.39, 0.29) is 10.8 Å². The van der Waals surface area contributed by atoms with Gasteiger partial charge in [-0.25, -0.2) is 12.7 Å². The van der Waals surface area contributed by atoms with E-state index in [1.165, 1.54) is 67.9 Å². The van der Waals surface area contributed by atoms with Gasteiger partial charge in [0, 0.05) is 32.7 Å². The molecule has 162 valence electrons. The number of amides is 2. The third kappa shape index (κ3) is 5.56. The molecule has 0 radical (unpaired) electrons. The third-order valence-electron chi connectivity index (χ3n) is 4.55. The van der Waals surface area contributed by atoms with Crippen LogP contribution in [0.15, 0.2) is 33.5 Å². The van der Waals surface area contributed by atoms with Crippen LogP contribution >= 0.6 is 23.1 Å². The molecule has 1 saturated heterocycles. The number of sulfonamides is 1. The first-order valence-corrected chi connectivity index (χ1v) is 12.6. The number of hydrogen-bond acceptors (Lipinski definition) is 8. The van der Waals surface area contributed by atoms with Gasteiger partial charge in [0.05, 0.1) is 10.6 Å². The maximum Gasteiger partial charge on any atom is 0.257 e. The molecule has 0 bridgehead atoms. The number of aromatic nitrogens is 2. The lowest BCUT2D eigenvalue weighted by Gasteiger charge is -2.26. The van der Waals surface area contributed by atoms with Crippen molar-refractivity contribution >= 4 is 50.1 Å². The molecule has 0 spiro atoms. The number of likely N-dealkylation sites (tertiary alicyclic amines) is 1. The van der Waals surface area contributed by atoms with Gasteiger partial charge < -0.3 is 4.90 Å². The second kappa shape index (κ2) is 9.86. The summed E-state index contributed by atoms with van der Waals surface area (Å²) in [5.74, 6) is -0.0288. The molecule has 2 heterocycles. The Morgan fingerprint density at radius 2 is 1.80 bits per heavy atom. The lowest BCUT2D eigenvalue weighted by atomic mass is 10.1. The van der Waals surface area contributed by atoms with Crippen molar-refractivity contribution in [3.8, 4) is 0 Å². The van der Waals surface area contributed by atoms with E-state index in [0.717, 1.165) is 30.2 Å². The predicted molar refractivity (Wildman–Crippen MR) is 116 cm³/mol. The quantitative estimate of drug-likeness (QED) is 0.488. The molecule has 1 aromatic heterocycles. The number of piperidine rings is 1. The first-order chi connectivity index (χ1) is 14.3. The molecular weight excluding hydrogens is 446 g/mol. The van der Waals surface area contributed by atoms with E-state index < -0.39 is 15.9 Å². The van der Waals surface area contributed by atoms with Crippen molar-refractivity contribution in [1.29, 1.82) is 0 Å². The first-order valence-electron chi connectivity index (χ1n) is 9.35. The summed E-state index contributed by atoms with van der Waals surface area (Å²) in [6.45, 7) is 1.62. The number of rotatable bonds is 7. The minimum atomic E-state index is -3.55. The smallest absolute Gasteiger partial charge is 0.257 e. The van der Waals surface area contributed by atoms with Crippen molar-refractivity contribution < 1.29 is 18.0 Å². The zero-order valence-electron chi connectivity index (χ0n) is 16.7. The van der Waals surface area contributed by atoms with Crippen molar-refractivity contribution in [2.75, 3.05) is 38.3 Å². The van der Waals surface area contributed by atoms with Gasteiger partial charge in [-0.1, -0.05) is 23.1 Å². The van der Waals surface area contributed by atoms with Gasteiger partial charge in [-0.05, 0) is 43.5 Å². The predicted octanol–water partition coefficient (Wildman–Crippen LogP) is 2.15. The molecule has 1 aliphatic rings. The molecule has 1 fully saturated rings. The minimum Gasteiger partial charge on any atom is -0.342 e. The molecule has 2 aromatic rings. The Morgan fingerprint density at radius 3 is 2.43 bits per heavy atom. The molecule has 0 atom stereocenters. The number of carbonyl (C=O) groups excluding carboxylic acids is 2. The van der Waals surface area contributed by atoms with Crippen molar-refractivity contribution in [2.24, 2.45) is 0 Å². The molecule has 30 heavy (non-hydrogen) atoms. The Hall–Kier alpha value is -2.02. The zero-order chi connectivity index (χ0) is 21.7. The normalized spacial score (nSPS) is 14.7. The summed E-state index contributed by atoms with van der Waals surface area (Å²) in [7, 11) is -0.658. The molecule has 0 aliphatic carbocycles. The van der Waals surface area contributed by atoms with Gasteiger partial charge >= 0.3 is 0 Å². The molecule has 0 saturated carbocycles. The number of carbonyl (C=O) groups is 2. The number of benzene rings is 1. The number of anilines is 1. The van der Waals surface area contributed by atoms with Crippen LogP contribution in [0.2, 0.25) is 0 Å². The highest BCUT2D eigenvalue weighted by Crippen LogP contribution is 2.26. The Kier molecular flexibility index (Phi) is 7.45. The highest BCUT2D eigenvalue weighted by Gasteiger charge is 2.19. The van der Waals surface area contributed by atoms with Gasteiger partial charge in [0.2, 0.25) is 21.1 Å². The van der Waals surface area contributed by atoms with Gasteiger partial charge in [0.1, 0.15) is 0 Å². The standard InChI is InChI=1S/C18H23N5O4S3/c1-22(2)30(26,27)14-8-6-13(7-9-14)16(25)19-17-20-21-18(29-17)28-12-15(24)23-10-4-3-5-11-23/h6-9H,3-5,10-12H2,1-2H3,(H,19,20,25). The highest BCUT2D eigenvalue weighted by atomic mass is 32.2. The third-order valence-corrected chi connectivity index (χ3v) is 8.34. The van der Waals surface area contributed by atoms with Gasteiger partial charge in [0.25, 0.3) is 5.91 Å². The summed E-state index contributed by atoms with van der Waals surface area (Å²) >= 11 is 2.50. The molecule has 12 heteroatoms. The van der Waals surface area contributed by atoms with E-state index in [9.17, 15) is 18.0 Å². The highest BCUT2D eigenvalue weighted by molar-refractivity contribution is 8.01. The summed E-state index contributed by atoms with van der Waals surface area (Å²) < 4.78 is 25.9. The van der Waals surface area contributed by atoms with E-state index in [1.54, 1.807) is 0 Å². The Balaban J connectivity index is 1.55. The Morgan fingerprint density at radius 1 is 1.13 bits per heavy atom. The van der Waals surface area contributed by atoms with Crippen LogP contribution in [0.25, 0.3) is 0 Å². The monoisotopic (exact) mass is 469 g/mol. The number of thioether (sulfide) groups is 1. The van der Waals surface area contributed by atoms with E-state index in [1.807, 2.05) is 4.90 Å². The van der Waals surface area contributed by atoms with E-state index in [2.05, 4.69) is 15.5 Å². The van der Waals surface area contributed by atoms with E-state index in [0.29, 0.717) is 20.8 Å². The summed E-state index contributed by atoms with van der Waals surface area (Å²) in [6, 6.07) is 5.66. The second-order valence-electron chi connectivity index (χ2n) is 6.87. The molecule has 0 unspecified atom stereocenters. The number of nitrogens with zero attached hydrogens (tertiary/aromatic N) is 4. The zero-order valence-corrected chi connectivity index (χ0v) is 19.1. The lowest BCUT2D eigenvalue weighted by Crippen LogP contribution is -2.36. The van der Waals surface area contributed by atoms with Crippen molar-refractivity contribution in [1.82, 2.24) is 19.4 Å². The van der Waals surface area contributed by atoms with Crippen LogP contribution < -0.4 is 5.32 Å². The van der Waals surface area contributed by atoms with Gasteiger partial charge in [0.15, 0.2) is 4.34 Å². The van der Waals surface area contributed by atoms with E-state index >= 15 is 0 Å². The molecule has 1 N–H and O–H groups in total. The van der Waals surface area contributed by atoms with E-state index in [4.69, 9.17) is 0 Å². The average molecular weight is 470 g/mol.